The molecule has 0 saturated carbocycles. The number of amides is 1. The van der Waals surface area contributed by atoms with E-state index in [0.29, 0.717) is 24.8 Å². The maximum absolute atomic E-state index is 12.6. The number of para-hydroxylation sites is 1. The summed E-state index contributed by atoms with van der Waals surface area (Å²) in [5, 5.41) is 7.80. The van der Waals surface area contributed by atoms with E-state index >= 15 is 0 Å². The summed E-state index contributed by atoms with van der Waals surface area (Å²) >= 11 is 0. The van der Waals surface area contributed by atoms with E-state index in [0.717, 1.165) is 56.2 Å². The van der Waals surface area contributed by atoms with Crippen LogP contribution in [0.25, 0.3) is 0 Å². The lowest BCUT2D eigenvalue weighted by Gasteiger charge is -2.32. The molecule has 1 saturated heterocycles. The molecule has 1 aliphatic rings. The van der Waals surface area contributed by atoms with Gasteiger partial charge in [-0.2, -0.15) is 0 Å². The summed E-state index contributed by atoms with van der Waals surface area (Å²) in [6.45, 7) is 8.26. The molecule has 1 amide bonds. The average Bonchev–Trinajstić information content (AvgIpc) is 3.18. The van der Waals surface area contributed by atoms with Crippen molar-refractivity contribution in [2.45, 2.75) is 39.7 Å². The molecule has 0 bridgehead atoms. The van der Waals surface area contributed by atoms with E-state index in [2.05, 4.69) is 40.6 Å². The number of aromatic nitrogens is 1. The van der Waals surface area contributed by atoms with Gasteiger partial charge in [-0.05, 0) is 63.7 Å². The molecule has 2 unspecified atom stereocenters. The molecular formula is C23H34N4O2. The Morgan fingerprint density at radius 1 is 1.21 bits per heavy atom. The third kappa shape index (κ3) is 5.82. The quantitative estimate of drug-likeness (QED) is 0.702. The maximum Gasteiger partial charge on any atom is 0.222 e. The summed E-state index contributed by atoms with van der Waals surface area (Å²) in [5.74, 6) is 1.95. The van der Waals surface area contributed by atoms with E-state index in [4.69, 9.17) is 4.52 Å². The summed E-state index contributed by atoms with van der Waals surface area (Å²) in [6.07, 6.45) is 2.52. The van der Waals surface area contributed by atoms with Gasteiger partial charge >= 0.3 is 0 Å². The molecule has 2 aromatic rings. The lowest BCUT2D eigenvalue weighted by Crippen LogP contribution is -2.41. The van der Waals surface area contributed by atoms with Crippen LogP contribution < -0.4 is 10.2 Å². The van der Waals surface area contributed by atoms with Gasteiger partial charge in [0.25, 0.3) is 0 Å². The van der Waals surface area contributed by atoms with Crippen molar-refractivity contribution >= 4 is 11.6 Å². The first kappa shape index (κ1) is 21.4. The largest absolute Gasteiger partial charge is 0.367 e. The molecule has 1 N–H and O–H groups in total. The molecule has 158 valence electrons. The van der Waals surface area contributed by atoms with Crippen molar-refractivity contribution in [3.63, 3.8) is 0 Å². The number of hydrogen-bond donors (Lipinski definition) is 1. The summed E-state index contributed by atoms with van der Waals surface area (Å²) in [5.41, 5.74) is 2.13. The van der Waals surface area contributed by atoms with E-state index < -0.39 is 0 Å². The fourth-order valence-corrected chi connectivity index (χ4v) is 4.22. The number of rotatable bonds is 9. The predicted octanol–water partition coefficient (Wildman–Crippen LogP) is 3.34. The summed E-state index contributed by atoms with van der Waals surface area (Å²) in [4.78, 5) is 16.7. The molecule has 3 rings (SSSR count). The Balaban J connectivity index is 1.59. The van der Waals surface area contributed by atoms with Crippen LogP contribution in [0.15, 0.2) is 40.9 Å². The molecule has 1 aliphatic heterocycles. The Hall–Kier alpha value is -2.34. The number of carbonyl (C=O) groups excluding carboxylic acids is 1. The van der Waals surface area contributed by atoms with E-state index in [-0.39, 0.29) is 5.91 Å². The first-order valence-electron chi connectivity index (χ1n) is 10.8. The van der Waals surface area contributed by atoms with Gasteiger partial charge in [-0.15, -0.1) is 0 Å². The molecule has 0 radical (unpaired) electrons. The summed E-state index contributed by atoms with van der Waals surface area (Å²) in [6, 6.07) is 12.3. The fourth-order valence-electron chi connectivity index (χ4n) is 4.22. The molecule has 6 nitrogen and oxygen atoms in total. The number of piperidine rings is 1. The smallest absolute Gasteiger partial charge is 0.222 e. The Morgan fingerprint density at radius 2 is 1.97 bits per heavy atom. The van der Waals surface area contributed by atoms with E-state index in [1.165, 1.54) is 0 Å². The minimum absolute atomic E-state index is 0.275. The van der Waals surface area contributed by atoms with E-state index in [1.54, 1.807) is 0 Å². The lowest BCUT2D eigenvalue weighted by atomic mass is 9.81. The second kappa shape index (κ2) is 10.4. The minimum atomic E-state index is 0.275. The predicted molar refractivity (Wildman–Crippen MR) is 116 cm³/mol. The number of benzene rings is 1. The van der Waals surface area contributed by atoms with Gasteiger partial charge in [-0.25, -0.2) is 0 Å². The third-order valence-corrected chi connectivity index (χ3v) is 5.99. The molecule has 0 aliphatic carbocycles. The zero-order valence-electron chi connectivity index (χ0n) is 17.9. The number of anilines is 1. The third-order valence-electron chi connectivity index (χ3n) is 5.99. The fraction of sp³-hybridized carbons (Fsp3) is 0.565. The van der Waals surface area contributed by atoms with Crippen LogP contribution >= 0.6 is 0 Å². The highest BCUT2D eigenvalue weighted by atomic mass is 16.5. The van der Waals surface area contributed by atoms with Gasteiger partial charge in [0, 0.05) is 38.3 Å². The van der Waals surface area contributed by atoms with Crippen molar-refractivity contribution in [1.82, 2.24) is 15.4 Å². The standard InChI is InChI=1S/C23H34N4O2/c1-4-27(5-2)23(28)14-18-11-12-24-16-19(18)13-20-15-22(29-25-20)17-26(3)21-9-7-6-8-10-21/h6-10,15,18-19,24H,4-5,11-14,16-17H2,1-3H3. The molecule has 29 heavy (non-hydrogen) atoms. The van der Waals surface area contributed by atoms with Gasteiger partial charge in [0.05, 0.1) is 12.2 Å². The molecule has 1 aromatic carbocycles. The molecule has 1 fully saturated rings. The Morgan fingerprint density at radius 3 is 2.69 bits per heavy atom. The monoisotopic (exact) mass is 398 g/mol. The Kier molecular flexibility index (Phi) is 7.69. The van der Waals surface area contributed by atoms with Crippen LogP contribution in [0.5, 0.6) is 0 Å². The lowest BCUT2D eigenvalue weighted by molar-refractivity contribution is -0.132. The van der Waals surface area contributed by atoms with Crippen molar-refractivity contribution in [3.05, 3.63) is 47.9 Å². The van der Waals surface area contributed by atoms with E-state index in [1.807, 2.05) is 36.9 Å². The van der Waals surface area contributed by atoms with Crippen molar-refractivity contribution in [2.75, 3.05) is 38.1 Å². The number of nitrogens with one attached hydrogen (secondary N) is 1. The van der Waals surface area contributed by atoms with Crippen LogP contribution in [-0.2, 0) is 17.8 Å². The highest BCUT2D eigenvalue weighted by Gasteiger charge is 2.29. The molecule has 0 spiro atoms. The number of hydrogen-bond acceptors (Lipinski definition) is 5. The van der Waals surface area contributed by atoms with Crippen LogP contribution in [0.4, 0.5) is 5.69 Å². The topological polar surface area (TPSA) is 61.6 Å². The highest BCUT2D eigenvalue weighted by molar-refractivity contribution is 5.76. The minimum Gasteiger partial charge on any atom is -0.367 e. The van der Waals surface area contributed by atoms with Gasteiger partial charge in [-0.1, -0.05) is 23.4 Å². The Labute approximate surface area is 174 Å². The first-order valence-corrected chi connectivity index (χ1v) is 10.8. The van der Waals surface area contributed by atoms with Crippen molar-refractivity contribution < 1.29 is 9.32 Å². The van der Waals surface area contributed by atoms with Gasteiger partial charge in [0.2, 0.25) is 5.91 Å². The molecule has 2 atom stereocenters. The first-order chi connectivity index (χ1) is 14.1. The van der Waals surface area contributed by atoms with Crippen molar-refractivity contribution in [1.29, 1.82) is 0 Å². The zero-order chi connectivity index (χ0) is 20.6. The molecular weight excluding hydrogens is 364 g/mol. The average molecular weight is 399 g/mol. The van der Waals surface area contributed by atoms with Crippen LogP contribution in [0.3, 0.4) is 0 Å². The van der Waals surface area contributed by atoms with Gasteiger partial charge < -0.3 is 19.6 Å². The van der Waals surface area contributed by atoms with Crippen LogP contribution in [0.2, 0.25) is 0 Å². The Bertz CT molecular complexity index is 757. The summed E-state index contributed by atoms with van der Waals surface area (Å²) in [7, 11) is 2.05. The number of carbonyl (C=O) groups is 1. The van der Waals surface area contributed by atoms with Crippen LogP contribution in [0.1, 0.15) is 38.1 Å². The van der Waals surface area contributed by atoms with Gasteiger partial charge in [0.15, 0.2) is 5.76 Å². The van der Waals surface area contributed by atoms with Crippen molar-refractivity contribution in [2.24, 2.45) is 11.8 Å². The van der Waals surface area contributed by atoms with Crippen LogP contribution in [-0.4, -0.2) is 49.2 Å². The van der Waals surface area contributed by atoms with Gasteiger partial charge in [-0.3, -0.25) is 4.79 Å². The maximum atomic E-state index is 12.6. The second-order valence-electron chi connectivity index (χ2n) is 7.96. The second-order valence-corrected chi connectivity index (χ2v) is 7.96. The molecule has 1 aromatic heterocycles. The van der Waals surface area contributed by atoms with E-state index in [9.17, 15) is 4.79 Å². The zero-order valence-corrected chi connectivity index (χ0v) is 17.9. The molecule has 6 heteroatoms. The molecule has 2 heterocycles. The summed E-state index contributed by atoms with van der Waals surface area (Å²) < 4.78 is 5.60. The SMILES string of the molecule is CCN(CC)C(=O)CC1CCNCC1Cc1cc(CN(C)c2ccccc2)on1. The van der Waals surface area contributed by atoms with Crippen LogP contribution in [0, 0.1) is 11.8 Å². The normalized spacial score (nSPS) is 19.1. The van der Waals surface area contributed by atoms with Gasteiger partial charge in [0.1, 0.15) is 0 Å². The number of nitrogens with zero attached hydrogens (tertiary/aromatic N) is 3. The van der Waals surface area contributed by atoms with Crippen molar-refractivity contribution in [3.8, 4) is 0 Å². The highest BCUT2D eigenvalue weighted by Crippen LogP contribution is 2.27.